The summed E-state index contributed by atoms with van der Waals surface area (Å²) in [7, 11) is 0. The van der Waals surface area contributed by atoms with E-state index in [-0.39, 0.29) is 44.3 Å². The number of hydrogen-bond acceptors (Lipinski definition) is 3. The maximum Gasteiger partial charge on any atom is 2.00 e. The summed E-state index contributed by atoms with van der Waals surface area (Å²) in [6.07, 6.45) is 1.11. The molecular weight excluding hydrogens is 226 g/mol. The van der Waals surface area contributed by atoms with Crippen LogP contribution in [0.3, 0.4) is 0 Å². The van der Waals surface area contributed by atoms with Gasteiger partial charge in [0.2, 0.25) is 0 Å². The van der Waals surface area contributed by atoms with E-state index < -0.39 is 0 Å². The summed E-state index contributed by atoms with van der Waals surface area (Å²) in [5, 5.41) is 2.91. The van der Waals surface area contributed by atoms with Crippen LogP contribution in [0, 0.1) is 0 Å². The van der Waals surface area contributed by atoms with Gasteiger partial charge in [-0.2, -0.15) is 0 Å². The van der Waals surface area contributed by atoms with E-state index in [1.165, 1.54) is 0 Å². The Morgan fingerprint density at radius 3 is 2.20 bits per heavy atom. The molecule has 0 aliphatic carbocycles. The fraction of sp³-hybridized carbons (Fsp3) is 0.750. The molecule has 10 heavy (non-hydrogen) atoms. The van der Waals surface area contributed by atoms with Crippen molar-refractivity contribution in [2.24, 2.45) is 10.7 Å². The molecule has 6 heteroatoms. The summed E-state index contributed by atoms with van der Waals surface area (Å²) in [4.78, 5) is 3.91. The Kier molecular flexibility index (Phi) is 15.9. The molecule has 0 spiro atoms. The molecule has 0 aromatic heterocycles. The molecule has 0 aromatic rings. The third-order valence-corrected chi connectivity index (χ3v) is 0.923. The van der Waals surface area contributed by atoms with Gasteiger partial charge in [0, 0.05) is 13.1 Å². The molecule has 1 aliphatic rings. The Hall–Kier alpha value is 0.473. The number of guanidine groups is 1. The van der Waals surface area contributed by atoms with Gasteiger partial charge in [0.15, 0.2) is 5.96 Å². The molecule has 0 fully saturated rings. The van der Waals surface area contributed by atoms with Crippen molar-refractivity contribution in [3.63, 3.8) is 0 Å². The second kappa shape index (κ2) is 9.47. The largest absolute Gasteiger partial charge is 2.00 e. The topological polar surface area (TPSA) is 50.4 Å². The van der Waals surface area contributed by atoms with Crippen molar-refractivity contribution in [3.05, 3.63) is 0 Å². The number of hydrogen-bond donors (Lipinski definition) is 2. The zero-order valence-electron chi connectivity index (χ0n) is 5.61. The number of nitrogens with two attached hydrogens (primary N) is 1. The van der Waals surface area contributed by atoms with E-state index in [0.29, 0.717) is 5.96 Å². The van der Waals surface area contributed by atoms with Crippen molar-refractivity contribution < 1.29 is 44.3 Å². The molecule has 56 valence electrons. The summed E-state index contributed by atoms with van der Waals surface area (Å²) in [6, 6.07) is 0. The van der Waals surface area contributed by atoms with Gasteiger partial charge in [0.05, 0.1) is 0 Å². The first-order chi connectivity index (χ1) is 3.39. The van der Waals surface area contributed by atoms with E-state index in [0.717, 1.165) is 19.5 Å². The first-order valence-electron chi connectivity index (χ1n) is 2.43. The molecule has 1 aliphatic heterocycles. The summed E-state index contributed by atoms with van der Waals surface area (Å²) in [5.41, 5.74) is 5.27. The van der Waals surface area contributed by atoms with Crippen LogP contribution in [0.25, 0.3) is 0 Å². The van der Waals surface area contributed by atoms with E-state index in [1.54, 1.807) is 0 Å². The van der Waals surface area contributed by atoms with Crippen molar-refractivity contribution in [1.29, 1.82) is 0 Å². The number of aliphatic imine (C=N–C) groups is 1. The van der Waals surface area contributed by atoms with E-state index in [1.807, 2.05) is 0 Å². The van der Waals surface area contributed by atoms with Gasteiger partial charge in [0.25, 0.3) is 0 Å². The number of nitrogens with zero attached hydrogens (tertiary/aromatic N) is 1. The zero-order chi connectivity index (χ0) is 5.11. The van der Waals surface area contributed by atoms with E-state index in [2.05, 4.69) is 10.3 Å². The Morgan fingerprint density at radius 1 is 1.40 bits per heavy atom. The number of halogens is 2. The Bertz CT molecular complexity index is 98.5. The quantitative estimate of drug-likeness (QED) is 0.410. The molecule has 0 saturated carbocycles. The molecule has 0 aromatic carbocycles. The predicted octanol–water partition coefficient (Wildman–Crippen LogP) is -6.70. The molecule has 3 nitrogen and oxygen atoms in total. The van der Waals surface area contributed by atoms with E-state index in [9.17, 15) is 0 Å². The van der Waals surface area contributed by atoms with Gasteiger partial charge in [-0.3, -0.25) is 4.99 Å². The Labute approximate surface area is 85.8 Å². The Balaban J connectivity index is -0.000000163. The molecule has 3 N–H and O–H groups in total. The molecule has 0 bridgehead atoms. The fourth-order valence-electron chi connectivity index (χ4n) is 0.551. The van der Waals surface area contributed by atoms with Gasteiger partial charge in [-0.1, -0.05) is 0 Å². The summed E-state index contributed by atoms with van der Waals surface area (Å²) >= 11 is 0. The van der Waals surface area contributed by atoms with Gasteiger partial charge in [0.1, 0.15) is 0 Å². The smallest absolute Gasteiger partial charge is 1.00 e. The average molecular weight is 235 g/mol. The van der Waals surface area contributed by atoms with Gasteiger partial charge in [-0.05, 0) is 6.42 Å². The average Bonchev–Trinajstić information content (AvgIpc) is 1.69. The zero-order valence-corrected chi connectivity index (χ0v) is 10.1. The first kappa shape index (κ1) is 16.8. The number of rotatable bonds is 0. The van der Waals surface area contributed by atoms with Crippen molar-refractivity contribution in [2.75, 3.05) is 13.1 Å². The van der Waals surface area contributed by atoms with Crippen LogP contribution in [0.15, 0.2) is 4.99 Å². The van der Waals surface area contributed by atoms with Crippen LogP contribution < -0.4 is 35.9 Å². The van der Waals surface area contributed by atoms with Gasteiger partial charge in [-0.25, -0.2) is 0 Å². The minimum atomic E-state index is 0. The van der Waals surface area contributed by atoms with Crippen LogP contribution in [-0.2, 0) is 19.5 Å². The SMILES string of the molecule is NC1=NCCCN1.[Cl-].[Cl-].[Zn+2]. The Morgan fingerprint density at radius 2 is 2.00 bits per heavy atom. The van der Waals surface area contributed by atoms with Crippen molar-refractivity contribution in [1.82, 2.24) is 5.32 Å². The second-order valence-electron chi connectivity index (χ2n) is 1.55. The maximum absolute atomic E-state index is 5.27. The molecular formula is C4H9Cl2N3Zn. The van der Waals surface area contributed by atoms with Crippen LogP contribution >= 0.6 is 0 Å². The third kappa shape index (κ3) is 6.59. The molecule has 1 rings (SSSR count). The molecule has 1 heterocycles. The minimum Gasteiger partial charge on any atom is -1.00 e. The van der Waals surface area contributed by atoms with Crippen LogP contribution in [-0.4, -0.2) is 19.0 Å². The van der Waals surface area contributed by atoms with Gasteiger partial charge >= 0.3 is 19.5 Å². The molecule has 0 saturated heterocycles. The maximum atomic E-state index is 5.27. The standard InChI is InChI=1S/C4H9N3.2ClH.Zn/c5-4-6-2-1-3-7-4;;;/h1-3H2,(H3,5,6,7);2*1H;/q;;;+2/p-2. The van der Waals surface area contributed by atoms with E-state index in [4.69, 9.17) is 5.73 Å². The monoisotopic (exact) mass is 233 g/mol. The summed E-state index contributed by atoms with van der Waals surface area (Å²) in [5.74, 6) is 0.589. The van der Waals surface area contributed by atoms with Gasteiger partial charge < -0.3 is 35.9 Å². The van der Waals surface area contributed by atoms with Crippen LogP contribution in [0.5, 0.6) is 0 Å². The fourth-order valence-corrected chi connectivity index (χ4v) is 0.551. The summed E-state index contributed by atoms with van der Waals surface area (Å²) < 4.78 is 0. The van der Waals surface area contributed by atoms with Crippen molar-refractivity contribution in [3.8, 4) is 0 Å². The normalized spacial score (nSPS) is 14.2. The van der Waals surface area contributed by atoms with Crippen LogP contribution in [0.1, 0.15) is 6.42 Å². The predicted molar refractivity (Wildman–Crippen MR) is 29.1 cm³/mol. The molecule has 0 amide bonds. The summed E-state index contributed by atoms with van der Waals surface area (Å²) in [6.45, 7) is 1.87. The van der Waals surface area contributed by atoms with Crippen molar-refractivity contribution in [2.45, 2.75) is 6.42 Å². The van der Waals surface area contributed by atoms with Crippen LogP contribution in [0.2, 0.25) is 0 Å². The molecule has 0 atom stereocenters. The van der Waals surface area contributed by atoms with Crippen molar-refractivity contribution >= 4 is 5.96 Å². The number of nitrogens with one attached hydrogen (secondary N) is 1. The molecule has 0 radical (unpaired) electrons. The first-order valence-corrected chi connectivity index (χ1v) is 2.43. The molecule has 0 unspecified atom stereocenters. The minimum absolute atomic E-state index is 0. The second-order valence-corrected chi connectivity index (χ2v) is 1.55. The van der Waals surface area contributed by atoms with Crippen LogP contribution in [0.4, 0.5) is 0 Å². The third-order valence-electron chi connectivity index (χ3n) is 0.923. The van der Waals surface area contributed by atoms with E-state index >= 15 is 0 Å². The van der Waals surface area contributed by atoms with Gasteiger partial charge in [-0.15, -0.1) is 0 Å².